The molecule has 0 saturated carbocycles. The van der Waals surface area contributed by atoms with Gasteiger partial charge in [0.05, 0.1) is 13.7 Å². The summed E-state index contributed by atoms with van der Waals surface area (Å²) in [5, 5.41) is 9.53. The third kappa shape index (κ3) is 3.44. The zero-order valence-electron chi connectivity index (χ0n) is 10.4. The molecule has 0 saturated heterocycles. The Balaban J connectivity index is 2.99. The van der Waals surface area contributed by atoms with Crippen LogP contribution in [0.1, 0.15) is 18.9 Å². The Bertz CT molecular complexity index is 356. The van der Waals surface area contributed by atoms with E-state index in [4.69, 9.17) is 10.5 Å². The normalized spacial score (nSPS) is 14.4. The monoisotopic (exact) mass is 301 g/mol. The van der Waals surface area contributed by atoms with Crippen LogP contribution in [0.15, 0.2) is 22.7 Å². The molecule has 0 fully saturated rings. The number of hydrogen-bond donors (Lipinski definition) is 2. The fraction of sp³-hybridized carbons (Fsp3) is 0.538. The van der Waals surface area contributed by atoms with Crippen molar-refractivity contribution in [2.45, 2.75) is 19.8 Å². The zero-order chi connectivity index (χ0) is 12.9. The molecule has 1 unspecified atom stereocenters. The number of hydrogen-bond acceptors (Lipinski definition) is 3. The molecule has 0 heterocycles. The van der Waals surface area contributed by atoms with Crippen LogP contribution in [0.25, 0.3) is 0 Å². The Morgan fingerprint density at radius 1 is 1.47 bits per heavy atom. The maximum absolute atomic E-state index is 9.53. The Hall–Kier alpha value is -0.580. The summed E-state index contributed by atoms with van der Waals surface area (Å²) in [6.45, 7) is 2.63. The van der Waals surface area contributed by atoms with Gasteiger partial charge in [-0.1, -0.05) is 22.9 Å². The largest absolute Gasteiger partial charge is 0.497 e. The van der Waals surface area contributed by atoms with E-state index in [0.717, 1.165) is 28.6 Å². The summed E-state index contributed by atoms with van der Waals surface area (Å²) in [5.74, 6) is 0.822. The van der Waals surface area contributed by atoms with Gasteiger partial charge in [0.25, 0.3) is 0 Å². The van der Waals surface area contributed by atoms with E-state index in [9.17, 15) is 5.11 Å². The second kappa shape index (κ2) is 6.38. The minimum atomic E-state index is -0.241. The van der Waals surface area contributed by atoms with Crippen molar-refractivity contribution in [2.75, 3.05) is 20.3 Å². The topological polar surface area (TPSA) is 55.5 Å². The Labute approximate surface area is 111 Å². The van der Waals surface area contributed by atoms with E-state index in [0.29, 0.717) is 6.54 Å². The van der Waals surface area contributed by atoms with Gasteiger partial charge in [-0.05, 0) is 36.6 Å². The molecule has 1 rings (SSSR count). The number of aliphatic hydroxyl groups excluding tert-OH is 1. The van der Waals surface area contributed by atoms with Gasteiger partial charge >= 0.3 is 0 Å². The van der Waals surface area contributed by atoms with Crippen LogP contribution in [0.3, 0.4) is 0 Å². The van der Waals surface area contributed by atoms with Crippen LogP contribution >= 0.6 is 15.9 Å². The van der Waals surface area contributed by atoms with Gasteiger partial charge in [-0.25, -0.2) is 0 Å². The standard InChI is InChI=1S/C13H20BrNO2/c1-3-13(8-15,9-16)7-10-6-11(17-2)4-5-12(10)14/h4-6,16H,3,7-9,15H2,1-2H3. The lowest BCUT2D eigenvalue weighted by Gasteiger charge is -2.29. The lowest BCUT2D eigenvalue weighted by molar-refractivity contribution is 0.127. The second-order valence-electron chi connectivity index (χ2n) is 4.35. The maximum Gasteiger partial charge on any atom is 0.119 e. The van der Waals surface area contributed by atoms with Crippen LogP contribution in [0.4, 0.5) is 0 Å². The Morgan fingerprint density at radius 2 is 2.18 bits per heavy atom. The first-order valence-electron chi connectivity index (χ1n) is 5.74. The SMILES string of the molecule is CCC(CN)(CO)Cc1cc(OC)ccc1Br. The Kier molecular flexibility index (Phi) is 5.43. The summed E-state index contributed by atoms with van der Waals surface area (Å²) in [5.41, 5.74) is 6.67. The molecule has 0 aromatic heterocycles. The predicted molar refractivity (Wildman–Crippen MR) is 73.3 cm³/mol. The van der Waals surface area contributed by atoms with Crippen LogP contribution in [0, 0.1) is 5.41 Å². The van der Waals surface area contributed by atoms with Gasteiger partial charge in [0.15, 0.2) is 0 Å². The second-order valence-corrected chi connectivity index (χ2v) is 5.20. The van der Waals surface area contributed by atoms with E-state index in [1.54, 1.807) is 7.11 Å². The molecule has 0 aliphatic rings. The van der Waals surface area contributed by atoms with Gasteiger partial charge in [0.2, 0.25) is 0 Å². The number of nitrogens with two attached hydrogens (primary N) is 1. The van der Waals surface area contributed by atoms with Crippen LogP contribution in [-0.4, -0.2) is 25.4 Å². The van der Waals surface area contributed by atoms with E-state index >= 15 is 0 Å². The number of aliphatic hydroxyl groups is 1. The first-order chi connectivity index (χ1) is 8.10. The quantitative estimate of drug-likeness (QED) is 0.848. The summed E-state index contributed by atoms with van der Waals surface area (Å²) in [7, 11) is 1.65. The molecule has 1 aromatic rings. The summed E-state index contributed by atoms with van der Waals surface area (Å²) in [6, 6.07) is 5.85. The van der Waals surface area contributed by atoms with Crippen LogP contribution in [0.2, 0.25) is 0 Å². The van der Waals surface area contributed by atoms with Gasteiger partial charge in [-0.15, -0.1) is 0 Å². The average Bonchev–Trinajstić information content (AvgIpc) is 2.38. The van der Waals surface area contributed by atoms with E-state index in [2.05, 4.69) is 22.9 Å². The molecule has 96 valence electrons. The minimum absolute atomic E-state index is 0.101. The minimum Gasteiger partial charge on any atom is -0.497 e. The highest BCUT2D eigenvalue weighted by atomic mass is 79.9. The zero-order valence-corrected chi connectivity index (χ0v) is 12.0. The number of rotatable bonds is 6. The highest BCUT2D eigenvalue weighted by Gasteiger charge is 2.27. The van der Waals surface area contributed by atoms with Gasteiger partial charge in [-0.3, -0.25) is 0 Å². The molecule has 4 heteroatoms. The molecule has 0 aliphatic carbocycles. The van der Waals surface area contributed by atoms with Gasteiger partial charge < -0.3 is 15.6 Å². The molecular weight excluding hydrogens is 282 g/mol. The van der Waals surface area contributed by atoms with Gasteiger partial charge in [-0.2, -0.15) is 0 Å². The molecule has 1 atom stereocenters. The van der Waals surface area contributed by atoms with Crippen molar-refractivity contribution in [1.82, 2.24) is 0 Å². The van der Waals surface area contributed by atoms with Crippen LogP contribution < -0.4 is 10.5 Å². The lowest BCUT2D eigenvalue weighted by atomic mass is 9.80. The molecule has 0 radical (unpaired) electrons. The molecule has 0 bridgehead atoms. The first-order valence-corrected chi connectivity index (χ1v) is 6.53. The predicted octanol–water partition coefficient (Wildman–Crippen LogP) is 2.35. The van der Waals surface area contributed by atoms with Crippen molar-refractivity contribution in [2.24, 2.45) is 11.1 Å². The van der Waals surface area contributed by atoms with Gasteiger partial charge in [0, 0.05) is 16.4 Å². The lowest BCUT2D eigenvalue weighted by Crippen LogP contribution is -2.35. The molecule has 3 nitrogen and oxygen atoms in total. The third-order valence-corrected chi connectivity index (χ3v) is 4.11. The smallest absolute Gasteiger partial charge is 0.119 e. The Morgan fingerprint density at radius 3 is 2.65 bits per heavy atom. The summed E-state index contributed by atoms with van der Waals surface area (Å²) >= 11 is 3.52. The molecule has 3 N–H and O–H groups in total. The number of methoxy groups -OCH3 is 1. The first kappa shape index (κ1) is 14.5. The molecule has 0 amide bonds. The maximum atomic E-state index is 9.53. The van der Waals surface area contributed by atoms with E-state index in [-0.39, 0.29) is 12.0 Å². The van der Waals surface area contributed by atoms with Gasteiger partial charge in [0.1, 0.15) is 5.75 Å². The molecule has 17 heavy (non-hydrogen) atoms. The average molecular weight is 302 g/mol. The third-order valence-electron chi connectivity index (χ3n) is 3.34. The molecular formula is C13H20BrNO2. The number of halogens is 1. The number of ether oxygens (including phenoxy) is 1. The van der Waals surface area contributed by atoms with Crippen LogP contribution in [-0.2, 0) is 6.42 Å². The molecule has 1 aromatic carbocycles. The summed E-state index contributed by atoms with van der Waals surface area (Å²) in [4.78, 5) is 0. The van der Waals surface area contributed by atoms with Crippen LogP contribution in [0.5, 0.6) is 5.75 Å². The fourth-order valence-electron chi connectivity index (χ4n) is 1.79. The van der Waals surface area contributed by atoms with Crippen molar-refractivity contribution >= 4 is 15.9 Å². The highest BCUT2D eigenvalue weighted by Crippen LogP contribution is 2.31. The van der Waals surface area contributed by atoms with Crippen molar-refractivity contribution in [3.63, 3.8) is 0 Å². The van der Waals surface area contributed by atoms with E-state index in [1.807, 2.05) is 18.2 Å². The van der Waals surface area contributed by atoms with Crippen molar-refractivity contribution in [3.8, 4) is 5.75 Å². The van der Waals surface area contributed by atoms with Crippen molar-refractivity contribution in [3.05, 3.63) is 28.2 Å². The van der Waals surface area contributed by atoms with E-state index in [1.165, 1.54) is 0 Å². The molecule has 0 aliphatic heterocycles. The van der Waals surface area contributed by atoms with Crippen molar-refractivity contribution < 1.29 is 9.84 Å². The van der Waals surface area contributed by atoms with E-state index < -0.39 is 0 Å². The number of benzene rings is 1. The molecule has 0 spiro atoms. The van der Waals surface area contributed by atoms with Crippen molar-refractivity contribution in [1.29, 1.82) is 0 Å². The summed E-state index contributed by atoms with van der Waals surface area (Å²) < 4.78 is 6.24. The summed E-state index contributed by atoms with van der Waals surface area (Å²) in [6.07, 6.45) is 1.60. The fourth-order valence-corrected chi connectivity index (χ4v) is 2.18. The highest BCUT2D eigenvalue weighted by molar-refractivity contribution is 9.10.